The fourth-order valence-electron chi connectivity index (χ4n) is 1.28. The minimum Gasteiger partial charge on any atom is -0.315 e. The number of nitrogens with one attached hydrogen (secondary N) is 1. The smallest absolute Gasteiger partial charge is 0.00375 e. The van der Waals surface area contributed by atoms with Gasteiger partial charge >= 0.3 is 0 Å². The van der Waals surface area contributed by atoms with Crippen LogP contribution in [-0.4, -0.2) is 13.1 Å². The van der Waals surface area contributed by atoms with Gasteiger partial charge in [0.25, 0.3) is 0 Å². The van der Waals surface area contributed by atoms with E-state index in [1.165, 1.54) is 0 Å². The summed E-state index contributed by atoms with van der Waals surface area (Å²) in [6, 6.07) is 0. The molecule has 0 saturated heterocycles. The maximum atomic E-state index is 3.47. The van der Waals surface area contributed by atoms with E-state index in [1.807, 2.05) is 13.8 Å². The lowest BCUT2D eigenvalue weighted by molar-refractivity contribution is 0.403. The standard InChI is InChI=1S/C10H19N.C2H6/c1-9(2)5-6-10(3,4)8-11-7-9;1-2/h5-6,11H,7-8H2,1-4H3;1-2H3. The van der Waals surface area contributed by atoms with Gasteiger partial charge in [0.1, 0.15) is 0 Å². The van der Waals surface area contributed by atoms with Crippen LogP contribution in [0.1, 0.15) is 41.5 Å². The highest BCUT2D eigenvalue weighted by molar-refractivity contribution is 5.06. The van der Waals surface area contributed by atoms with Gasteiger partial charge in [0.2, 0.25) is 0 Å². The van der Waals surface area contributed by atoms with E-state index in [-0.39, 0.29) is 0 Å². The van der Waals surface area contributed by atoms with E-state index >= 15 is 0 Å². The molecule has 0 amide bonds. The van der Waals surface area contributed by atoms with Crippen LogP contribution in [0.2, 0.25) is 0 Å². The normalized spacial score (nSPS) is 24.2. The van der Waals surface area contributed by atoms with Crippen LogP contribution in [0, 0.1) is 10.8 Å². The Balaban J connectivity index is 0.000000671. The Hall–Kier alpha value is -0.300. The quantitative estimate of drug-likeness (QED) is 0.569. The summed E-state index contributed by atoms with van der Waals surface area (Å²) in [5.41, 5.74) is 0.654. The van der Waals surface area contributed by atoms with Crippen LogP contribution >= 0.6 is 0 Å². The van der Waals surface area contributed by atoms with E-state index in [9.17, 15) is 0 Å². The molecule has 1 nitrogen and oxygen atoms in total. The van der Waals surface area contributed by atoms with E-state index < -0.39 is 0 Å². The first-order valence-electron chi connectivity index (χ1n) is 5.32. The average molecular weight is 183 g/mol. The zero-order valence-corrected chi connectivity index (χ0v) is 10.1. The van der Waals surface area contributed by atoms with Crippen LogP contribution < -0.4 is 5.32 Å². The molecule has 0 aliphatic carbocycles. The summed E-state index contributed by atoms with van der Waals surface area (Å²) < 4.78 is 0. The minimum absolute atomic E-state index is 0.327. The molecule has 1 N–H and O–H groups in total. The lowest BCUT2D eigenvalue weighted by Gasteiger charge is -2.19. The van der Waals surface area contributed by atoms with Crippen molar-refractivity contribution in [3.8, 4) is 0 Å². The Morgan fingerprint density at radius 2 is 1.15 bits per heavy atom. The lowest BCUT2D eigenvalue weighted by atomic mass is 9.89. The third-order valence-corrected chi connectivity index (χ3v) is 2.15. The fourth-order valence-corrected chi connectivity index (χ4v) is 1.28. The first kappa shape index (κ1) is 12.7. The predicted octanol–water partition coefficient (Wildman–Crippen LogP) is 3.22. The molecular weight excluding hydrogens is 158 g/mol. The molecule has 0 spiro atoms. The molecule has 0 aromatic rings. The second kappa shape index (κ2) is 4.80. The van der Waals surface area contributed by atoms with Crippen molar-refractivity contribution < 1.29 is 0 Å². The van der Waals surface area contributed by atoms with Crippen molar-refractivity contribution in [3.05, 3.63) is 12.2 Å². The summed E-state index contributed by atoms with van der Waals surface area (Å²) in [5, 5.41) is 3.47. The summed E-state index contributed by atoms with van der Waals surface area (Å²) in [6.45, 7) is 15.2. The Bertz CT molecular complexity index is 148. The second-order valence-corrected chi connectivity index (χ2v) is 4.91. The second-order valence-electron chi connectivity index (χ2n) is 4.91. The molecule has 78 valence electrons. The van der Waals surface area contributed by atoms with Crippen LogP contribution in [0.3, 0.4) is 0 Å². The van der Waals surface area contributed by atoms with Crippen molar-refractivity contribution in [1.29, 1.82) is 0 Å². The highest BCUT2D eigenvalue weighted by atomic mass is 14.9. The number of hydrogen-bond acceptors (Lipinski definition) is 1. The average Bonchev–Trinajstić information content (AvgIpc) is 2.15. The Morgan fingerprint density at radius 3 is 1.46 bits per heavy atom. The van der Waals surface area contributed by atoms with Crippen molar-refractivity contribution in [3.63, 3.8) is 0 Å². The van der Waals surface area contributed by atoms with E-state index in [0.717, 1.165) is 13.1 Å². The van der Waals surface area contributed by atoms with Crippen LogP contribution in [0.4, 0.5) is 0 Å². The first-order chi connectivity index (χ1) is 5.91. The molecule has 0 fully saturated rings. The molecule has 0 bridgehead atoms. The van der Waals surface area contributed by atoms with E-state index in [1.54, 1.807) is 0 Å². The number of hydrogen-bond donors (Lipinski definition) is 1. The molecular formula is C12H25N. The van der Waals surface area contributed by atoms with Crippen molar-refractivity contribution in [2.45, 2.75) is 41.5 Å². The molecule has 1 heteroatoms. The van der Waals surface area contributed by atoms with Crippen molar-refractivity contribution in [1.82, 2.24) is 5.32 Å². The zero-order valence-electron chi connectivity index (χ0n) is 10.1. The fraction of sp³-hybridized carbons (Fsp3) is 0.833. The monoisotopic (exact) mass is 183 g/mol. The molecule has 1 heterocycles. The van der Waals surface area contributed by atoms with Crippen LogP contribution in [0.5, 0.6) is 0 Å². The maximum Gasteiger partial charge on any atom is 0.00375 e. The molecule has 1 rings (SSSR count). The lowest BCUT2D eigenvalue weighted by Crippen LogP contribution is -2.31. The van der Waals surface area contributed by atoms with Gasteiger partial charge in [-0.1, -0.05) is 53.7 Å². The third kappa shape index (κ3) is 5.09. The minimum atomic E-state index is 0.327. The molecule has 0 aromatic carbocycles. The molecule has 0 saturated carbocycles. The van der Waals surface area contributed by atoms with E-state index in [0.29, 0.717) is 10.8 Å². The summed E-state index contributed by atoms with van der Waals surface area (Å²) in [6.07, 6.45) is 4.65. The van der Waals surface area contributed by atoms with Gasteiger partial charge in [-0.2, -0.15) is 0 Å². The Morgan fingerprint density at radius 1 is 0.846 bits per heavy atom. The summed E-state index contributed by atoms with van der Waals surface area (Å²) in [4.78, 5) is 0. The van der Waals surface area contributed by atoms with Gasteiger partial charge < -0.3 is 5.32 Å². The molecule has 0 radical (unpaired) electrons. The molecule has 1 aliphatic rings. The van der Waals surface area contributed by atoms with Crippen LogP contribution in [-0.2, 0) is 0 Å². The maximum absolute atomic E-state index is 3.47. The Kier molecular flexibility index (Phi) is 4.69. The molecule has 0 unspecified atom stereocenters. The topological polar surface area (TPSA) is 12.0 Å². The molecule has 1 aliphatic heterocycles. The zero-order chi connectivity index (χ0) is 10.5. The third-order valence-electron chi connectivity index (χ3n) is 2.15. The first-order valence-corrected chi connectivity index (χ1v) is 5.32. The highest BCUT2D eigenvalue weighted by Gasteiger charge is 2.22. The van der Waals surface area contributed by atoms with Crippen LogP contribution in [0.15, 0.2) is 12.2 Å². The summed E-state index contributed by atoms with van der Waals surface area (Å²) in [5.74, 6) is 0. The van der Waals surface area contributed by atoms with Gasteiger partial charge in [0.15, 0.2) is 0 Å². The van der Waals surface area contributed by atoms with E-state index in [4.69, 9.17) is 0 Å². The summed E-state index contributed by atoms with van der Waals surface area (Å²) >= 11 is 0. The van der Waals surface area contributed by atoms with Gasteiger partial charge in [0.05, 0.1) is 0 Å². The van der Waals surface area contributed by atoms with Crippen molar-refractivity contribution in [2.24, 2.45) is 10.8 Å². The Labute approximate surface area is 83.6 Å². The predicted molar refractivity (Wildman–Crippen MR) is 60.9 cm³/mol. The molecule has 0 atom stereocenters. The summed E-state index contributed by atoms with van der Waals surface area (Å²) in [7, 11) is 0. The van der Waals surface area contributed by atoms with E-state index in [2.05, 4.69) is 45.2 Å². The van der Waals surface area contributed by atoms with Gasteiger partial charge in [0, 0.05) is 13.1 Å². The highest BCUT2D eigenvalue weighted by Crippen LogP contribution is 2.25. The van der Waals surface area contributed by atoms with Gasteiger partial charge in [-0.3, -0.25) is 0 Å². The molecule has 0 aromatic heterocycles. The van der Waals surface area contributed by atoms with Gasteiger partial charge in [-0.25, -0.2) is 0 Å². The number of rotatable bonds is 0. The molecule has 13 heavy (non-hydrogen) atoms. The van der Waals surface area contributed by atoms with Gasteiger partial charge in [-0.15, -0.1) is 0 Å². The largest absolute Gasteiger partial charge is 0.315 e. The van der Waals surface area contributed by atoms with Gasteiger partial charge in [-0.05, 0) is 10.8 Å². The SMILES string of the molecule is CC.CC1(C)C=CC(C)(C)CNC1. The van der Waals surface area contributed by atoms with Crippen molar-refractivity contribution in [2.75, 3.05) is 13.1 Å². The van der Waals surface area contributed by atoms with Crippen LogP contribution in [0.25, 0.3) is 0 Å². The van der Waals surface area contributed by atoms with Crippen molar-refractivity contribution >= 4 is 0 Å².